The number of nitrogens with zero attached hydrogens (tertiary/aromatic N) is 3. The molecule has 0 radical (unpaired) electrons. The second kappa shape index (κ2) is 7.09. The van der Waals surface area contributed by atoms with Gasteiger partial charge in [-0.05, 0) is 12.5 Å². The first-order valence-electron chi connectivity index (χ1n) is 8.27. The summed E-state index contributed by atoms with van der Waals surface area (Å²) in [6.07, 6.45) is 2.97. The van der Waals surface area contributed by atoms with Crippen molar-refractivity contribution in [2.75, 3.05) is 5.75 Å². The van der Waals surface area contributed by atoms with Gasteiger partial charge < -0.3 is 19.9 Å². The minimum Gasteiger partial charge on any atom is -0.543 e. The monoisotopic (exact) mass is 373 g/mol. The number of aliphatic hydroxyl groups excluding tert-OH is 1. The molecule has 8 heteroatoms. The number of carbonyl (C=O) groups excluding carboxylic acids is 2. The first-order valence-corrected chi connectivity index (χ1v) is 9.26. The van der Waals surface area contributed by atoms with Crippen molar-refractivity contribution in [3.05, 3.63) is 35.8 Å². The summed E-state index contributed by atoms with van der Waals surface area (Å²) in [4.78, 5) is 26.2. The standard InChI is InChI=1S/C18H19N3O4S/c1-10(22)14-15-12(3-6-19)13(16(18(24)25)21(15)17(14)23)9-26-11-4-7-20(2)8-5-11/h4-5,7-8,10,12,14-15,22H,3,9H2,1-2H3/t10-,12+,14-,15+/m1/s1. The summed E-state index contributed by atoms with van der Waals surface area (Å²) in [6, 6.07) is 5.42. The van der Waals surface area contributed by atoms with E-state index in [2.05, 4.69) is 6.07 Å². The van der Waals surface area contributed by atoms with Crippen LogP contribution < -0.4 is 9.67 Å². The molecule has 3 rings (SSSR count). The molecular weight excluding hydrogens is 354 g/mol. The van der Waals surface area contributed by atoms with E-state index in [1.807, 2.05) is 36.1 Å². The maximum atomic E-state index is 12.4. The molecule has 2 aliphatic rings. The Bertz CT molecular complexity index is 813. The molecule has 0 bridgehead atoms. The predicted octanol–water partition coefficient (Wildman–Crippen LogP) is -0.642. The van der Waals surface area contributed by atoms with Crippen LogP contribution in [-0.4, -0.2) is 39.8 Å². The summed E-state index contributed by atoms with van der Waals surface area (Å²) < 4.78 is 1.89. The van der Waals surface area contributed by atoms with Crippen molar-refractivity contribution in [1.29, 1.82) is 5.26 Å². The van der Waals surface area contributed by atoms with Gasteiger partial charge in [0.05, 0.1) is 35.8 Å². The largest absolute Gasteiger partial charge is 0.543 e. The number of aliphatic hydroxyl groups is 1. The molecule has 1 N–H and O–H groups in total. The molecule has 1 fully saturated rings. The Balaban J connectivity index is 1.91. The second-order valence-electron chi connectivity index (χ2n) is 6.58. The fourth-order valence-corrected chi connectivity index (χ4v) is 4.73. The molecule has 1 amide bonds. The van der Waals surface area contributed by atoms with Crippen LogP contribution in [0.5, 0.6) is 0 Å². The van der Waals surface area contributed by atoms with E-state index in [4.69, 9.17) is 0 Å². The average Bonchev–Trinajstić information content (AvgIpc) is 2.84. The first-order chi connectivity index (χ1) is 12.4. The van der Waals surface area contributed by atoms with Gasteiger partial charge in [0.25, 0.3) is 0 Å². The third kappa shape index (κ3) is 2.97. The first kappa shape index (κ1) is 18.4. The molecule has 0 aromatic carbocycles. The number of nitriles is 1. The number of carboxylic acids is 1. The average molecular weight is 373 g/mol. The van der Waals surface area contributed by atoms with E-state index in [1.165, 1.54) is 23.6 Å². The normalized spacial score (nSPS) is 25.5. The number of aliphatic carboxylic acids is 1. The highest BCUT2D eigenvalue weighted by Crippen LogP contribution is 2.49. The van der Waals surface area contributed by atoms with Crippen LogP contribution in [0.1, 0.15) is 13.3 Å². The number of aromatic nitrogens is 1. The summed E-state index contributed by atoms with van der Waals surface area (Å²) in [5.41, 5.74) is 0.400. The summed E-state index contributed by atoms with van der Waals surface area (Å²) in [6.45, 7) is 1.51. The zero-order valence-corrected chi connectivity index (χ0v) is 15.3. The number of thioether (sulfide) groups is 1. The Morgan fingerprint density at radius 3 is 2.69 bits per heavy atom. The van der Waals surface area contributed by atoms with E-state index in [9.17, 15) is 25.1 Å². The molecular formula is C18H19N3O4S. The van der Waals surface area contributed by atoms with Gasteiger partial charge in [-0.1, -0.05) is 0 Å². The van der Waals surface area contributed by atoms with Crippen molar-refractivity contribution in [1.82, 2.24) is 4.90 Å². The summed E-state index contributed by atoms with van der Waals surface area (Å²) in [5, 5.41) is 30.8. The van der Waals surface area contributed by atoms with Gasteiger partial charge in [-0.25, -0.2) is 4.57 Å². The number of pyridine rings is 1. The van der Waals surface area contributed by atoms with Crippen molar-refractivity contribution in [3.63, 3.8) is 0 Å². The Morgan fingerprint density at radius 1 is 1.50 bits per heavy atom. The molecule has 7 nitrogen and oxygen atoms in total. The molecule has 1 saturated heterocycles. The molecule has 0 spiro atoms. The highest BCUT2D eigenvalue weighted by molar-refractivity contribution is 7.99. The number of amides is 1. The molecule has 0 saturated carbocycles. The minimum absolute atomic E-state index is 0.0914. The van der Waals surface area contributed by atoms with Gasteiger partial charge in [0.2, 0.25) is 5.91 Å². The van der Waals surface area contributed by atoms with E-state index in [-0.39, 0.29) is 12.1 Å². The van der Waals surface area contributed by atoms with Crippen molar-refractivity contribution in [2.45, 2.75) is 30.4 Å². The second-order valence-corrected chi connectivity index (χ2v) is 7.63. The van der Waals surface area contributed by atoms with Crippen LogP contribution in [0.25, 0.3) is 0 Å². The zero-order chi connectivity index (χ0) is 19.0. The highest BCUT2D eigenvalue weighted by Gasteiger charge is 2.59. The van der Waals surface area contributed by atoms with Gasteiger partial charge >= 0.3 is 0 Å². The highest BCUT2D eigenvalue weighted by atomic mass is 32.2. The van der Waals surface area contributed by atoms with Crippen molar-refractivity contribution >= 4 is 23.6 Å². The Kier molecular flexibility index (Phi) is 5.03. The number of hydrogen-bond acceptors (Lipinski definition) is 6. The summed E-state index contributed by atoms with van der Waals surface area (Å²) >= 11 is 1.45. The SMILES string of the molecule is C[C@@H](O)[C@H]1C(=O)N2C(C(=O)[O-])=C(CSc3cc[n+](C)cc3)[C@H](CC#N)[C@@H]12. The van der Waals surface area contributed by atoms with E-state index in [1.54, 1.807) is 0 Å². The topological polar surface area (TPSA) is 108 Å². The van der Waals surface area contributed by atoms with Crippen LogP contribution in [0.3, 0.4) is 0 Å². The van der Waals surface area contributed by atoms with Crippen LogP contribution in [0, 0.1) is 23.2 Å². The van der Waals surface area contributed by atoms with Crippen molar-refractivity contribution in [3.8, 4) is 6.07 Å². The number of rotatable bonds is 6. The van der Waals surface area contributed by atoms with Crippen LogP contribution in [0.4, 0.5) is 0 Å². The predicted molar refractivity (Wildman–Crippen MR) is 89.9 cm³/mol. The lowest BCUT2D eigenvalue weighted by molar-refractivity contribution is -0.671. The Labute approximate surface area is 155 Å². The van der Waals surface area contributed by atoms with Crippen LogP contribution >= 0.6 is 11.8 Å². The van der Waals surface area contributed by atoms with Crippen molar-refractivity contribution < 1.29 is 24.4 Å². The summed E-state index contributed by atoms with van der Waals surface area (Å²) in [7, 11) is 1.90. The maximum absolute atomic E-state index is 12.4. The Hall–Kier alpha value is -2.37. The number of carboxylic acid groups (broad SMARTS) is 1. The fraction of sp³-hybridized carbons (Fsp3) is 0.444. The van der Waals surface area contributed by atoms with Crippen LogP contribution in [0.15, 0.2) is 40.7 Å². The lowest BCUT2D eigenvalue weighted by atomic mass is 9.76. The minimum atomic E-state index is -1.41. The zero-order valence-electron chi connectivity index (χ0n) is 14.5. The molecule has 136 valence electrons. The van der Waals surface area contributed by atoms with E-state index in [0.29, 0.717) is 11.3 Å². The van der Waals surface area contributed by atoms with Crippen LogP contribution in [-0.2, 0) is 16.6 Å². The van der Waals surface area contributed by atoms with Gasteiger partial charge in [0.1, 0.15) is 7.05 Å². The third-order valence-corrected chi connectivity index (χ3v) is 6.02. The molecule has 0 aliphatic carbocycles. The molecule has 1 aromatic rings. The van der Waals surface area contributed by atoms with E-state index in [0.717, 1.165) is 4.90 Å². The van der Waals surface area contributed by atoms with E-state index < -0.39 is 35.9 Å². The lowest BCUT2D eigenvalue weighted by Gasteiger charge is -2.47. The van der Waals surface area contributed by atoms with Gasteiger partial charge in [-0.15, -0.1) is 11.8 Å². The number of fused-ring (bicyclic) bond motifs is 1. The third-order valence-electron chi connectivity index (χ3n) is 4.96. The molecule has 3 heterocycles. The molecule has 0 unspecified atom stereocenters. The molecule has 26 heavy (non-hydrogen) atoms. The number of β-lactam (4-membered cyclic amide) rings is 1. The molecule has 4 atom stereocenters. The summed E-state index contributed by atoms with van der Waals surface area (Å²) in [5.74, 6) is -2.57. The van der Waals surface area contributed by atoms with Crippen LogP contribution in [0.2, 0.25) is 0 Å². The van der Waals surface area contributed by atoms with Crippen molar-refractivity contribution in [2.24, 2.45) is 18.9 Å². The molecule has 2 aliphatic heterocycles. The van der Waals surface area contributed by atoms with Gasteiger partial charge in [-0.3, -0.25) is 4.79 Å². The quantitative estimate of drug-likeness (QED) is 0.404. The van der Waals surface area contributed by atoms with E-state index >= 15 is 0 Å². The lowest BCUT2D eigenvalue weighted by Crippen LogP contribution is -2.64. The number of aryl methyl sites for hydroxylation is 1. The smallest absolute Gasteiger partial charge is 0.235 e. The Morgan fingerprint density at radius 2 is 2.15 bits per heavy atom. The number of hydrogen-bond donors (Lipinski definition) is 1. The fourth-order valence-electron chi connectivity index (χ4n) is 3.74. The maximum Gasteiger partial charge on any atom is 0.235 e. The van der Waals surface area contributed by atoms with Gasteiger partial charge in [0, 0.05) is 35.1 Å². The van der Waals surface area contributed by atoms with Gasteiger partial charge in [-0.2, -0.15) is 5.26 Å². The number of carbonyl (C=O) groups is 2. The molecule has 1 aromatic heterocycles. The van der Waals surface area contributed by atoms with Gasteiger partial charge in [0.15, 0.2) is 12.4 Å².